The number of piperidine rings is 1. The van der Waals surface area contributed by atoms with Crippen LogP contribution in [0, 0.1) is 17.6 Å². The molecule has 1 unspecified atom stereocenters. The number of nitrogens with one attached hydrogen (secondary N) is 3. The van der Waals surface area contributed by atoms with Crippen LogP contribution in [-0.4, -0.2) is 29.3 Å². The van der Waals surface area contributed by atoms with Crippen LogP contribution in [0.4, 0.5) is 14.5 Å². The fourth-order valence-corrected chi connectivity index (χ4v) is 2.88. The van der Waals surface area contributed by atoms with Gasteiger partial charge < -0.3 is 15.1 Å². The highest BCUT2D eigenvalue weighted by molar-refractivity contribution is 5.62. The fraction of sp³-hybridized carbons (Fsp3) is 0.467. The van der Waals surface area contributed by atoms with Crippen molar-refractivity contribution < 1.29 is 13.2 Å². The Morgan fingerprint density at radius 3 is 2.74 bits per heavy atom. The van der Waals surface area contributed by atoms with E-state index >= 15 is 0 Å². The lowest BCUT2D eigenvalue weighted by Crippen LogP contribution is -2.36. The Kier molecular flexibility index (Phi) is 4.42. The Morgan fingerprint density at radius 2 is 2.09 bits per heavy atom. The number of nitrogens with zero attached hydrogens (tertiary/aromatic N) is 1. The van der Waals surface area contributed by atoms with Crippen LogP contribution < -0.4 is 16.4 Å². The van der Waals surface area contributed by atoms with Crippen molar-refractivity contribution in [1.29, 1.82) is 0 Å². The molecule has 0 amide bonds. The Morgan fingerprint density at radius 1 is 1.35 bits per heavy atom. The first-order valence-electron chi connectivity index (χ1n) is 7.57. The van der Waals surface area contributed by atoms with Gasteiger partial charge in [0.2, 0.25) is 5.89 Å². The molecular formula is C15H18F2N4O2. The van der Waals surface area contributed by atoms with Gasteiger partial charge in [0.25, 0.3) is 0 Å². The molecule has 1 aromatic carbocycles. The molecule has 2 heterocycles. The predicted molar refractivity (Wildman–Crippen MR) is 81.2 cm³/mol. The summed E-state index contributed by atoms with van der Waals surface area (Å²) in [5, 5.41) is 12.0. The minimum Gasteiger partial charge on any atom is -0.388 e. The van der Waals surface area contributed by atoms with E-state index in [9.17, 15) is 13.6 Å². The monoisotopic (exact) mass is 324 g/mol. The number of aromatic nitrogens is 2. The quantitative estimate of drug-likeness (QED) is 0.802. The molecule has 1 aromatic heterocycles. The predicted octanol–water partition coefficient (Wildman–Crippen LogP) is 2.11. The van der Waals surface area contributed by atoms with Gasteiger partial charge in [0, 0.05) is 11.6 Å². The number of anilines is 1. The zero-order chi connectivity index (χ0) is 16.4. The van der Waals surface area contributed by atoms with E-state index in [0.717, 1.165) is 32.0 Å². The van der Waals surface area contributed by atoms with Gasteiger partial charge >= 0.3 is 5.76 Å². The van der Waals surface area contributed by atoms with Crippen LogP contribution in [0.5, 0.6) is 0 Å². The smallest absolute Gasteiger partial charge is 0.388 e. The van der Waals surface area contributed by atoms with Gasteiger partial charge in [-0.2, -0.15) is 0 Å². The standard InChI is InChI=1S/C15H18F2N4O2/c1-8(9-2-4-18-5-3-9)19-12-7-10(6-11(16)13(12)17)14-20-21-15(22)23-14/h6-9,18-19H,2-5H2,1H3,(H,21,22). The van der Waals surface area contributed by atoms with Gasteiger partial charge in [-0.1, -0.05) is 0 Å². The second-order valence-electron chi connectivity index (χ2n) is 5.76. The highest BCUT2D eigenvalue weighted by atomic mass is 19.2. The zero-order valence-electron chi connectivity index (χ0n) is 12.7. The maximum atomic E-state index is 14.1. The lowest BCUT2D eigenvalue weighted by Gasteiger charge is -2.29. The van der Waals surface area contributed by atoms with Crippen LogP contribution in [0.3, 0.4) is 0 Å². The maximum absolute atomic E-state index is 14.1. The average Bonchev–Trinajstić information content (AvgIpc) is 2.99. The lowest BCUT2D eigenvalue weighted by atomic mass is 9.91. The van der Waals surface area contributed by atoms with Gasteiger partial charge in [0.15, 0.2) is 11.6 Å². The van der Waals surface area contributed by atoms with E-state index in [2.05, 4.69) is 20.8 Å². The summed E-state index contributed by atoms with van der Waals surface area (Å²) in [7, 11) is 0. The summed E-state index contributed by atoms with van der Waals surface area (Å²) in [4.78, 5) is 11.0. The van der Waals surface area contributed by atoms with Crippen molar-refractivity contribution in [3.05, 3.63) is 34.3 Å². The molecule has 3 rings (SSSR count). The van der Waals surface area contributed by atoms with E-state index in [1.54, 1.807) is 0 Å². The van der Waals surface area contributed by atoms with Gasteiger partial charge in [0.05, 0.1) is 5.69 Å². The van der Waals surface area contributed by atoms with Crippen molar-refractivity contribution in [3.8, 4) is 11.5 Å². The molecule has 23 heavy (non-hydrogen) atoms. The Balaban J connectivity index is 1.85. The van der Waals surface area contributed by atoms with Crippen molar-refractivity contribution in [3.63, 3.8) is 0 Å². The SMILES string of the molecule is CC(Nc1cc(-c2n[nH]c(=O)o2)cc(F)c1F)C1CCNCC1. The van der Waals surface area contributed by atoms with E-state index < -0.39 is 17.4 Å². The van der Waals surface area contributed by atoms with Crippen LogP contribution in [-0.2, 0) is 0 Å². The normalized spacial score (nSPS) is 17.2. The second-order valence-corrected chi connectivity index (χ2v) is 5.76. The molecule has 1 fully saturated rings. The van der Waals surface area contributed by atoms with Crippen LogP contribution in [0.1, 0.15) is 19.8 Å². The fourth-order valence-electron chi connectivity index (χ4n) is 2.88. The topological polar surface area (TPSA) is 83.0 Å². The van der Waals surface area contributed by atoms with Crippen molar-refractivity contribution in [2.45, 2.75) is 25.8 Å². The number of hydrogen-bond donors (Lipinski definition) is 3. The Labute approximate surface area is 131 Å². The molecule has 2 aromatic rings. The van der Waals surface area contributed by atoms with Crippen molar-refractivity contribution in [2.24, 2.45) is 5.92 Å². The second kappa shape index (κ2) is 6.49. The first-order valence-corrected chi connectivity index (χ1v) is 7.57. The molecule has 8 heteroatoms. The maximum Gasteiger partial charge on any atom is 0.434 e. The van der Waals surface area contributed by atoms with Crippen LogP contribution in [0.2, 0.25) is 0 Å². The Bertz CT molecular complexity index is 737. The molecular weight excluding hydrogens is 306 g/mol. The summed E-state index contributed by atoms with van der Waals surface area (Å²) in [6.07, 6.45) is 1.96. The third-order valence-electron chi connectivity index (χ3n) is 4.19. The molecule has 124 valence electrons. The van der Waals surface area contributed by atoms with Gasteiger partial charge in [-0.25, -0.2) is 18.7 Å². The Hall–Kier alpha value is -2.22. The van der Waals surface area contributed by atoms with Gasteiger partial charge in [-0.05, 0) is 50.9 Å². The minimum atomic E-state index is -1.02. The van der Waals surface area contributed by atoms with E-state index in [-0.39, 0.29) is 23.2 Å². The van der Waals surface area contributed by atoms with Crippen LogP contribution >= 0.6 is 0 Å². The molecule has 0 saturated carbocycles. The molecule has 0 spiro atoms. The molecule has 0 radical (unpaired) electrons. The zero-order valence-corrected chi connectivity index (χ0v) is 12.7. The number of rotatable bonds is 4. The number of benzene rings is 1. The first-order chi connectivity index (χ1) is 11.0. The van der Waals surface area contributed by atoms with Gasteiger partial charge in [-0.15, -0.1) is 5.10 Å². The minimum absolute atomic E-state index is 0.00700. The summed E-state index contributed by atoms with van der Waals surface area (Å²) in [5.74, 6) is -2.42. The first kappa shape index (κ1) is 15.7. The van der Waals surface area contributed by atoms with E-state index in [1.165, 1.54) is 6.07 Å². The van der Waals surface area contributed by atoms with Gasteiger partial charge in [-0.3, -0.25) is 0 Å². The van der Waals surface area contributed by atoms with Crippen LogP contribution in [0.15, 0.2) is 21.3 Å². The number of H-pyrrole nitrogens is 1. The molecule has 0 bridgehead atoms. The summed E-state index contributed by atoms with van der Waals surface area (Å²) >= 11 is 0. The largest absolute Gasteiger partial charge is 0.434 e. The van der Waals surface area contributed by atoms with E-state index in [4.69, 9.17) is 4.42 Å². The third-order valence-corrected chi connectivity index (χ3v) is 4.19. The highest BCUT2D eigenvalue weighted by Crippen LogP contribution is 2.28. The average molecular weight is 324 g/mol. The number of halogens is 2. The summed E-state index contributed by atoms with van der Waals surface area (Å²) in [6.45, 7) is 3.80. The van der Waals surface area contributed by atoms with Crippen molar-refractivity contribution in [1.82, 2.24) is 15.5 Å². The molecule has 1 aliphatic heterocycles. The molecule has 3 N–H and O–H groups in total. The number of hydrogen-bond acceptors (Lipinski definition) is 5. The number of aromatic amines is 1. The third kappa shape index (κ3) is 3.42. The summed E-state index contributed by atoms with van der Waals surface area (Å²) in [6, 6.07) is 2.34. The summed E-state index contributed by atoms with van der Waals surface area (Å²) < 4.78 is 32.7. The van der Waals surface area contributed by atoms with Gasteiger partial charge in [0.1, 0.15) is 0 Å². The summed E-state index contributed by atoms with van der Waals surface area (Å²) in [5.41, 5.74) is 0.235. The molecule has 0 aliphatic carbocycles. The molecule has 1 atom stereocenters. The molecule has 1 aliphatic rings. The molecule has 1 saturated heterocycles. The van der Waals surface area contributed by atoms with E-state index in [0.29, 0.717) is 5.92 Å². The van der Waals surface area contributed by atoms with E-state index in [1.807, 2.05) is 6.92 Å². The highest BCUT2D eigenvalue weighted by Gasteiger charge is 2.22. The van der Waals surface area contributed by atoms with Crippen molar-refractivity contribution in [2.75, 3.05) is 18.4 Å². The van der Waals surface area contributed by atoms with Crippen LogP contribution in [0.25, 0.3) is 11.5 Å². The lowest BCUT2D eigenvalue weighted by molar-refractivity contribution is 0.342. The molecule has 6 nitrogen and oxygen atoms in total. The van der Waals surface area contributed by atoms with Crippen molar-refractivity contribution >= 4 is 5.69 Å².